The van der Waals surface area contributed by atoms with Crippen LogP contribution in [-0.4, -0.2) is 40.4 Å². The molecule has 0 spiro atoms. The van der Waals surface area contributed by atoms with Crippen LogP contribution in [0.15, 0.2) is 6.20 Å². The zero-order chi connectivity index (χ0) is 10.8. The molecule has 4 nitrogen and oxygen atoms in total. The molecule has 1 aromatic heterocycles. The Bertz CT molecular complexity index is 320. The van der Waals surface area contributed by atoms with Gasteiger partial charge in [-0.3, -0.25) is 9.58 Å². The quantitative estimate of drug-likeness (QED) is 0.874. The van der Waals surface area contributed by atoms with Crippen molar-refractivity contribution < 1.29 is 0 Å². The fourth-order valence-electron chi connectivity index (χ4n) is 1.98. The summed E-state index contributed by atoms with van der Waals surface area (Å²) >= 11 is 6.08. The second-order valence-electron chi connectivity index (χ2n) is 4.15. The summed E-state index contributed by atoms with van der Waals surface area (Å²) < 4.78 is 1.86. The molecular weight excluding hydrogens is 247 g/mol. The summed E-state index contributed by atoms with van der Waals surface area (Å²) in [5.41, 5.74) is 1.10. The number of halogens is 2. The van der Waals surface area contributed by atoms with E-state index in [1.165, 1.54) is 0 Å². The van der Waals surface area contributed by atoms with Crippen LogP contribution in [0, 0.1) is 0 Å². The maximum absolute atomic E-state index is 6.08. The molecule has 2 heterocycles. The minimum absolute atomic E-state index is 0. The summed E-state index contributed by atoms with van der Waals surface area (Å²) in [5.74, 6) is 0. The number of rotatable bonds is 2. The summed E-state index contributed by atoms with van der Waals surface area (Å²) in [4.78, 5) is 2.41. The molecule has 0 amide bonds. The van der Waals surface area contributed by atoms with E-state index in [0.29, 0.717) is 6.04 Å². The first kappa shape index (κ1) is 13.8. The van der Waals surface area contributed by atoms with E-state index in [1.54, 1.807) is 6.20 Å². The second kappa shape index (κ2) is 5.87. The minimum Gasteiger partial charge on any atom is -0.312 e. The summed E-state index contributed by atoms with van der Waals surface area (Å²) in [7, 11) is 1.94. The van der Waals surface area contributed by atoms with Crippen LogP contribution in [0.3, 0.4) is 0 Å². The van der Waals surface area contributed by atoms with Crippen LogP contribution < -0.4 is 5.32 Å². The Morgan fingerprint density at radius 2 is 2.38 bits per heavy atom. The van der Waals surface area contributed by atoms with Gasteiger partial charge in [-0.2, -0.15) is 5.10 Å². The Balaban J connectivity index is 0.00000128. The van der Waals surface area contributed by atoms with Crippen molar-refractivity contribution in [2.45, 2.75) is 19.5 Å². The molecule has 6 heteroatoms. The lowest BCUT2D eigenvalue weighted by Gasteiger charge is -2.31. The molecule has 1 saturated heterocycles. The predicted molar refractivity (Wildman–Crippen MR) is 68.2 cm³/mol. The molecule has 0 radical (unpaired) electrons. The van der Waals surface area contributed by atoms with Gasteiger partial charge in [0, 0.05) is 39.3 Å². The van der Waals surface area contributed by atoms with Gasteiger partial charge in [0.15, 0.2) is 0 Å². The fourth-order valence-corrected chi connectivity index (χ4v) is 2.21. The van der Waals surface area contributed by atoms with Gasteiger partial charge < -0.3 is 5.32 Å². The monoisotopic (exact) mass is 264 g/mol. The topological polar surface area (TPSA) is 33.1 Å². The van der Waals surface area contributed by atoms with Crippen LogP contribution in [0.4, 0.5) is 0 Å². The number of nitrogens with zero attached hydrogens (tertiary/aromatic N) is 3. The van der Waals surface area contributed by atoms with Crippen LogP contribution in [0.5, 0.6) is 0 Å². The van der Waals surface area contributed by atoms with E-state index in [2.05, 4.69) is 22.2 Å². The summed E-state index contributed by atoms with van der Waals surface area (Å²) in [5, 5.41) is 8.33. The van der Waals surface area contributed by atoms with E-state index in [0.717, 1.165) is 36.9 Å². The van der Waals surface area contributed by atoms with Crippen LogP contribution in [0.25, 0.3) is 0 Å². The number of hydrogen-bond donors (Lipinski definition) is 1. The molecular formula is C10H18Cl2N4. The van der Waals surface area contributed by atoms with Crippen molar-refractivity contribution in [3.05, 3.63) is 16.9 Å². The number of piperazine rings is 1. The van der Waals surface area contributed by atoms with E-state index in [9.17, 15) is 0 Å². The first-order valence-electron chi connectivity index (χ1n) is 5.29. The van der Waals surface area contributed by atoms with Crippen LogP contribution in [-0.2, 0) is 13.6 Å². The van der Waals surface area contributed by atoms with E-state index in [1.807, 2.05) is 11.7 Å². The van der Waals surface area contributed by atoms with Gasteiger partial charge in [-0.1, -0.05) is 11.6 Å². The van der Waals surface area contributed by atoms with Crippen molar-refractivity contribution in [3.8, 4) is 0 Å². The third-order valence-corrected chi connectivity index (χ3v) is 3.15. The van der Waals surface area contributed by atoms with Gasteiger partial charge in [0.1, 0.15) is 0 Å². The molecule has 2 rings (SSSR count). The van der Waals surface area contributed by atoms with Crippen molar-refractivity contribution in [2.24, 2.45) is 7.05 Å². The summed E-state index contributed by atoms with van der Waals surface area (Å²) in [6.07, 6.45) is 1.71. The lowest BCUT2D eigenvalue weighted by atomic mass is 10.2. The Hall–Kier alpha value is -0.290. The molecule has 1 atom stereocenters. The molecule has 1 aliphatic rings. The van der Waals surface area contributed by atoms with Gasteiger partial charge in [-0.15, -0.1) is 12.4 Å². The molecule has 0 aliphatic carbocycles. The molecule has 92 valence electrons. The molecule has 0 bridgehead atoms. The molecule has 1 aliphatic heterocycles. The van der Waals surface area contributed by atoms with Gasteiger partial charge >= 0.3 is 0 Å². The predicted octanol–water partition coefficient (Wildman–Crippen LogP) is 1.29. The summed E-state index contributed by atoms with van der Waals surface area (Å²) in [6, 6.07) is 0.561. The van der Waals surface area contributed by atoms with Crippen molar-refractivity contribution in [2.75, 3.05) is 19.6 Å². The molecule has 0 unspecified atom stereocenters. The normalized spacial score (nSPS) is 21.8. The number of nitrogens with one attached hydrogen (secondary N) is 1. The molecule has 1 aromatic rings. The smallest absolute Gasteiger partial charge is 0.0831 e. The standard InChI is InChI=1S/C10H17ClN4.ClH/c1-8-6-15(4-3-12-8)7-10-9(11)5-13-14(10)2;/h5,8,12H,3-4,6-7H2,1-2H3;1H/t8-;/m1./s1. The van der Waals surface area contributed by atoms with E-state index in [-0.39, 0.29) is 12.4 Å². The number of hydrogen-bond acceptors (Lipinski definition) is 3. The van der Waals surface area contributed by atoms with E-state index in [4.69, 9.17) is 11.6 Å². The van der Waals surface area contributed by atoms with E-state index < -0.39 is 0 Å². The third kappa shape index (κ3) is 3.10. The Morgan fingerprint density at radius 3 is 2.94 bits per heavy atom. The van der Waals surface area contributed by atoms with Crippen LogP contribution >= 0.6 is 24.0 Å². The van der Waals surface area contributed by atoms with Gasteiger partial charge in [0.25, 0.3) is 0 Å². The first-order chi connectivity index (χ1) is 7.16. The Labute approximate surface area is 107 Å². The van der Waals surface area contributed by atoms with Crippen molar-refractivity contribution >= 4 is 24.0 Å². The lowest BCUT2D eigenvalue weighted by molar-refractivity contribution is 0.195. The molecule has 1 N–H and O–H groups in total. The molecule has 0 saturated carbocycles. The molecule has 1 fully saturated rings. The minimum atomic E-state index is 0. The fraction of sp³-hybridized carbons (Fsp3) is 0.700. The van der Waals surface area contributed by atoms with Gasteiger partial charge in [-0.05, 0) is 6.92 Å². The average molecular weight is 265 g/mol. The van der Waals surface area contributed by atoms with Crippen molar-refractivity contribution in [1.82, 2.24) is 20.0 Å². The van der Waals surface area contributed by atoms with E-state index >= 15 is 0 Å². The highest BCUT2D eigenvalue weighted by Gasteiger charge is 2.18. The molecule has 0 aromatic carbocycles. The first-order valence-corrected chi connectivity index (χ1v) is 5.66. The van der Waals surface area contributed by atoms with Gasteiger partial charge in [0.2, 0.25) is 0 Å². The van der Waals surface area contributed by atoms with Crippen molar-refractivity contribution in [1.29, 1.82) is 0 Å². The SMILES string of the molecule is C[C@@H]1CN(Cc2c(Cl)cnn2C)CCN1.Cl. The molecule has 16 heavy (non-hydrogen) atoms. The second-order valence-corrected chi connectivity index (χ2v) is 4.56. The highest BCUT2D eigenvalue weighted by atomic mass is 35.5. The van der Waals surface area contributed by atoms with Crippen LogP contribution in [0.2, 0.25) is 5.02 Å². The maximum Gasteiger partial charge on any atom is 0.0831 e. The maximum atomic E-state index is 6.08. The Kier molecular flexibility index (Phi) is 5.05. The average Bonchev–Trinajstić information content (AvgIpc) is 2.50. The van der Waals surface area contributed by atoms with Crippen LogP contribution in [0.1, 0.15) is 12.6 Å². The van der Waals surface area contributed by atoms with Gasteiger partial charge in [-0.25, -0.2) is 0 Å². The number of aryl methyl sites for hydroxylation is 1. The Morgan fingerprint density at radius 1 is 1.62 bits per heavy atom. The highest BCUT2D eigenvalue weighted by Crippen LogP contribution is 2.16. The number of aromatic nitrogens is 2. The van der Waals surface area contributed by atoms with Gasteiger partial charge in [0.05, 0.1) is 16.9 Å². The third-order valence-electron chi connectivity index (χ3n) is 2.84. The summed E-state index contributed by atoms with van der Waals surface area (Å²) in [6.45, 7) is 6.29. The highest BCUT2D eigenvalue weighted by molar-refractivity contribution is 6.31. The zero-order valence-corrected chi connectivity index (χ0v) is 11.2. The lowest BCUT2D eigenvalue weighted by Crippen LogP contribution is -2.48. The van der Waals surface area contributed by atoms with Crippen molar-refractivity contribution in [3.63, 3.8) is 0 Å². The largest absolute Gasteiger partial charge is 0.312 e. The zero-order valence-electron chi connectivity index (χ0n) is 9.61.